The van der Waals surface area contributed by atoms with Crippen molar-refractivity contribution in [3.63, 3.8) is 0 Å². The number of nitrogens with zero attached hydrogens (tertiary/aromatic N) is 1. The first-order valence-electron chi connectivity index (χ1n) is 7.15. The Hall–Kier alpha value is -0.910. The van der Waals surface area contributed by atoms with Crippen LogP contribution in [0.5, 0.6) is 0 Å². The lowest BCUT2D eigenvalue weighted by molar-refractivity contribution is -0.133. The summed E-state index contributed by atoms with van der Waals surface area (Å²) >= 11 is 1.69. The van der Waals surface area contributed by atoms with E-state index in [1.807, 2.05) is 17.9 Å². The number of ether oxygens (including phenoxy) is 1. The molecule has 3 unspecified atom stereocenters. The van der Waals surface area contributed by atoms with E-state index >= 15 is 0 Å². The molecule has 1 amide bonds. The molecule has 0 aliphatic carbocycles. The predicted octanol–water partition coefficient (Wildman–Crippen LogP) is 2.63. The van der Waals surface area contributed by atoms with Crippen molar-refractivity contribution in [3.8, 4) is 0 Å². The monoisotopic (exact) mass is 296 g/mol. The second-order valence-corrected chi connectivity index (χ2v) is 6.80. The first-order chi connectivity index (χ1) is 9.54. The predicted molar refractivity (Wildman–Crippen MR) is 81.6 cm³/mol. The van der Waals surface area contributed by atoms with Gasteiger partial charge in [-0.15, -0.1) is 11.3 Å². The van der Waals surface area contributed by atoms with Gasteiger partial charge in [-0.05, 0) is 30.7 Å². The Balaban J connectivity index is 2.21. The lowest BCUT2D eigenvalue weighted by Gasteiger charge is -2.29. The van der Waals surface area contributed by atoms with Gasteiger partial charge in [-0.25, -0.2) is 0 Å². The van der Waals surface area contributed by atoms with E-state index in [-0.39, 0.29) is 24.2 Å². The zero-order valence-corrected chi connectivity index (χ0v) is 13.4. The van der Waals surface area contributed by atoms with E-state index in [9.17, 15) is 4.79 Å². The van der Waals surface area contributed by atoms with E-state index in [1.54, 1.807) is 18.4 Å². The number of rotatable bonds is 6. The van der Waals surface area contributed by atoms with Crippen LogP contribution in [-0.4, -0.2) is 36.6 Å². The maximum absolute atomic E-state index is 12.7. The van der Waals surface area contributed by atoms with Crippen LogP contribution in [0.25, 0.3) is 0 Å². The molecular weight excluding hydrogens is 272 g/mol. The molecule has 1 aromatic rings. The van der Waals surface area contributed by atoms with Gasteiger partial charge in [0, 0.05) is 12.0 Å². The number of carbonyl (C=O) groups is 1. The molecule has 5 heteroatoms. The van der Waals surface area contributed by atoms with E-state index in [0.29, 0.717) is 12.5 Å². The summed E-state index contributed by atoms with van der Waals surface area (Å²) in [5.74, 6) is 0.694. The molecule has 0 aromatic carbocycles. The average molecular weight is 296 g/mol. The van der Waals surface area contributed by atoms with Crippen molar-refractivity contribution in [1.29, 1.82) is 0 Å². The van der Waals surface area contributed by atoms with Gasteiger partial charge in [0.05, 0.1) is 18.7 Å². The van der Waals surface area contributed by atoms with Crippen molar-refractivity contribution in [2.75, 3.05) is 13.7 Å². The van der Waals surface area contributed by atoms with Crippen molar-refractivity contribution >= 4 is 17.2 Å². The first kappa shape index (κ1) is 15.5. The normalized spacial score (nSPS) is 24.6. The van der Waals surface area contributed by atoms with E-state index < -0.39 is 0 Å². The van der Waals surface area contributed by atoms with Gasteiger partial charge in [-0.2, -0.15) is 0 Å². The van der Waals surface area contributed by atoms with Crippen LogP contribution < -0.4 is 5.32 Å². The summed E-state index contributed by atoms with van der Waals surface area (Å²) in [5.41, 5.74) is 0. The molecule has 0 saturated carbocycles. The lowest BCUT2D eigenvalue weighted by atomic mass is 10.0. The highest BCUT2D eigenvalue weighted by molar-refractivity contribution is 7.10. The highest BCUT2D eigenvalue weighted by atomic mass is 32.1. The van der Waals surface area contributed by atoms with Crippen molar-refractivity contribution in [3.05, 3.63) is 22.4 Å². The molecule has 1 saturated heterocycles. The van der Waals surface area contributed by atoms with Crippen LogP contribution in [0.2, 0.25) is 0 Å². The van der Waals surface area contributed by atoms with Crippen molar-refractivity contribution in [1.82, 2.24) is 10.2 Å². The molecule has 1 aliphatic heterocycles. The molecule has 112 valence electrons. The smallest absolute Gasteiger partial charge is 0.241 e. The zero-order chi connectivity index (χ0) is 14.7. The van der Waals surface area contributed by atoms with Crippen LogP contribution in [0, 0.1) is 5.92 Å². The van der Waals surface area contributed by atoms with E-state index in [2.05, 4.69) is 30.6 Å². The molecule has 20 heavy (non-hydrogen) atoms. The van der Waals surface area contributed by atoms with Crippen LogP contribution in [0.4, 0.5) is 0 Å². The summed E-state index contributed by atoms with van der Waals surface area (Å²) in [6.45, 7) is 6.90. The minimum Gasteiger partial charge on any atom is -0.383 e. The standard InChI is InChI=1S/C15H24N2O2S/c1-10(2)8-12-15(18)17(11(3)9-19-4)14(16-12)13-6-5-7-20-13/h5-7,10-12,14,16H,8-9H2,1-4H3. The third kappa shape index (κ3) is 3.22. The third-order valence-electron chi connectivity index (χ3n) is 3.59. The van der Waals surface area contributed by atoms with Gasteiger partial charge in [-0.1, -0.05) is 19.9 Å². The highest BCUT2D eigenvalue weighted by Gasteiger charge is 2.42. The molecule has 0 bridgehead atoms. The van der Waals surface area contributed by atoms with Gasteiger partial charge in [0.1, 0.15) is 6.17 Å². The molecule has 1 fully saturated rings. The fraction of sp³-hybridized carbons (Fsp3) is 0.667. The Morgan fingerprint density at radius 1 is 1.45 bits per heavy atom. The van der Waals surface area contributed by atoms with Gasteiger partial charge >= 0.3 is 0 Å². The van der Waals surface area contributed by atoms with Gasteiger partial charge < -0.3 is 9.64 Å². The molecule has 2 rings (SSSR count). The second kappa shape index (κ2) is 6.70. The van der Waals surface area contributed by atoms with E-state index in [4.69, 9.17) is 4.74 Å². The Labute approximate surface area is 125 Å². The van der Waals surface area contributed by atoms with Crippen molar-refractivity contribution < 1.29 is 9.53 Å². The number of nitrogens with one attached hydrogen (secondary N) is 1. The van der Waals surface area contributed by atoms with Gasteiger partial charge in [0.2, 0.25) is 5.91 Å². The summed E-state index contributed by atoms with van der Waals surface area (Å²) in [6, 6.07) is 4.10. The minimum absolute atomic E-state index is 0.0172. The van der Waals surface area contributed by atoms with Gasteiger partial charge in [0.15, 0.2) is 0 Å². The average Bonchev–Trinajstić information content (AvgIpc) is 2.98. The number of hydrogen-bond donors (Lipinski definition) is 1. The number of amides is 1. The molecule has 1 aliphatic rings. The Kier molecular flexibility index (Phi) is 5.18. The molecule has 2 heterocycles. The first-order valence-corrected chi connectivity index (χ1v) is 8.03. The number of thiophene rings is 1. The lowest BCUT2D eigenvalue weighted by Crippen LogP contribution is -2.40. The fourth-order valence-corrected chi connectivity index (χ4v) is 3.53. The Bertz CT molecular complexity index is 433. The van der Waals surface area contributed by atoms with Crippen LogP contribution in [0.1, 0.15) is 38.2 Å². The van der Waals surface area contributed by atoms with Crippen LogP contribution >= 0.6 is 11.3 Å². The Morgan fingerprint density at radius 3 is 2.75 bits per heavy atom. The summed E-state index contributed by atoms with van der Waals surface area (Å²) in [6.07, 6.45) is 0.855. The largest absolute Gasteiger partial charge is 0.383 e. The minimum atomic E-state index is -0.0820. The summed E-state index contributed by atoms with van der Waals surface area (Å²) in [4.78, 5) is 15.8. The zero-order valence-electron chi connectivity index (χ0n) is 12.6. The topological polar surface area (TPSA) is 41.6 Å². The van der Waals surface area contributed by atoms with Crippen LogP contribution in [0.15, 0.2) is 17.5 Å². The molecular formula is C15H24N2O2S. The van der Waals surface area contributed by atoms with Crippen molar-refractivity contribution in [2.24, 2.45) is 5.92 Å². The maximum atomic E-state index is 12.7. The van der Waals surface area contributed by atoms with Crippen LogP contribution in [-0.2, 0) is 9.53 Å². The molecule has 0 spiro atoms. The molecule has 1 aromatic heterocycles. The second-order valence-electron chi connectivity index (χ2n) is 5.82. The number of carbonyl (C=O) groups excluding carboxylic acids is 1. The van der Waals surface area contributed by atoms with E-state index in [0.717, 1.165) is 6.42 Å². The summed E-state index contributed by atoms with van der Waals surface area (Å²) in [7, 11) is 1.68. The Morgan fingerprint density at radius 2 is 2.20 bits per heavy atom. The van der Waals surface area contributed by atoms with Crippen LogP contribution in [0.3, 0.4) is 0 Å². The van der Waals surface area contributed by atoms with E-state index in [1.165, 1.54) is 4.88 Å². The maximum Gasteiger partial charge on any atom is 0.241 e. The van der Waals surface area contributed by atoms with Gasteiger partial charge in [0.25, 0.3) is 0 Å². The van der Waals surface area contributed by atoms with Gasteiger partial charge in [-0.3, -0.25) is 10.1 Å². The summed E-state index contributed by atoms with van der Waals surface area (Å²) < 4.78 is 5.23. The molecule has 4 nitrogen and oxygen atoms in total. The number of hydrogen-bond acceptors (Lipinski definition) is 4. The number of methoxy groups -OCH3 is 1. The third-order valence-corrected chi connectivity index (χ3v) is 4.52. The fourth-order valence-electron chi connectivity index (χ4n) is 2.75. The summed E-state index contributed by atoms with van der Waals surface area (Å²) in [5, 5.41) is 5.55. The highest BCUT2D eigenvalue weighted by Crippen LogP contribution is 2.32. The molecule has 1 N–H and O–H groups in total. The SMILES string of the molecule is COCC(C)N1C(=O)C(CC(C)C)NC1c1cccs1. The molecule has 3 atom stereocenters. The molecule has 0 radical (unpaired) electrons. The quantitative estimate of drug-likeness (QED) is 0.877. The van der Waals surface area contributed by atoms with Crippen molar-refractivity contribution in [2.45, 2.75) is 45.4 Å².